The molecule has 0 spiro atoms. The minimum atomic E-state index is 0. The molecule has 0 aliphatic heterocycles. The van der Waals surface area contributed by atoms with E-state index in [1.165, 1.54) is 25.7 Å². The van der Waals surface area contributed by atoms with Gasteiger partial charge in [0.15, 0.2) is 0 Å². The second-order valence-electron chi connectivity index (χ2n) is 6.37. The van der Waals surface area contributed by atoms with Crippen LogP contribution in [0.1, 0.15) is 136 Å². The molecule has 0 aliphatic rings. The van der Waals surface area contributed by atoms with Gasteiger partial charge in [-0.3, -0.25) is 5.41 Å². The number of hydrogen-bond acceptors (Lipinski definition) is 0. The van der Waals surface area contributed by atoms with Crippen LogP contribution in [0.2, 0.25) is 0 Å². The molecule has 0 saturated carbocycles. The molecule has 0 rings (SSSR count). The summed E-state index contributed by atoms with van der Waals surface area (Å²) in [5.74, 6) is 1.13. The molecule has 0 saturated heterocycles. The topological polar surface area (TPSA) is 0 Å². The number of rotatable bonds is 2. The van der Waals surface area contributed by atoms with Crippen LogP contribution >= 0.6 is 0 Å². The molecule has 63 heavy (non-hydrogen) atoms. The van der Waals surface area contributed by atoms with Crippen LogP contribution in [0.25, 0.3) is 0 Å². The van der Waals surface area contributed by atoms with Gasteiger partial charge in [-0.2, -0.15) is 0 Å². The third kappa shape index (κ3) is 417. The average Bonchev–Trinajstić information content (AvgIpc) is 2.54. The van der Waals surface area contributed by atoms with E-state index in [0.29, 0.717) is 11.8 Å². The van der Waals surface area contributed by atoms with E-state index in [2.05, 4.69) is 96.9 Å². The SMILES string of the molecule is CC.CC.CCC.CCC.CCC.CCC.[CH2-]C([CH2-])(C(C)C)C(C)C.[CH3-].[CH3-].[CH3-].[CH3-].[CH3-].[CH3-].[CH3-].[CH3-].[CH3-].[CH3-].[Y+3].[Y+3].[Y].[Y].[Y].[Y].[Y].[Y].[Y].[Y].[Y].[Y].[Y].[Y].[Y].[Y].[Y].[Y].[Y].[Y].[Y].[Y].[Y].[Y].[Y].[Y].[Y].[Y]. The Balaban J connectivity index is -0.00000000132. The monoisotopic (exact) mass is 3000 g/mol. The molecule has 0 bridgehead atoms. The Morgan fingerprint density at radius 2 is 0.270 bits per heavy atom. The molecule has 26 radical (unpaired) electrons. The van der Waals surface area contributed by atoms with Crippen molar-refractivity contribution in [2.75, 3.05) is 0 Å². The van der Waals surface area contributed by atoms with E-state index in [-0.39, 0.29) is 996 Å². The molecule has 0 aromatic rings. The summed E-state index contributed by atoms with van der Waals surface area (Å²) in [6, 6.07) is 0. The molecule has 0 N–H and O–H groups in total. The van der Waals surface area contributed by atoms with Crippen molar-refractivity contribution in [3.8, 4) is 0 Å². The van der Waals surface area contributed by atoms with Gasteiger partial charge in [0, 0.05) is 850 Å². The normalized spacial score (nSPS) is 3.24. The van der Waals surface area contributed by atoms with Gasteiger partial charge in [0.05, 0.1) is 0 Å². The summed E-state index contributed by atoms with van der Waals surface area (Å²) < 4.78 is 0. The van der Waals surface area contributed by atoms with Crippen molar-refractivity contribution in [2.24, 2.45) is 17.3 Å². The van der Waals surface area contributed by atoms with Crippen LogP contribution in [-0.2, 0) is 916 Å². The van der Waals surface area contributed by atoms with Gasteiger partial charge in [-0.05, 0) is 0 Å². The van der Waals surface area contributed by atoms with E-state index in [1.54, 1.807) is 0 Å². The summed E-state index contributed by atoms with van der Waals surface area (Å²) in [5, 5.41) is 0. The summed E-state index contributed by atoms with van der Waals surface area (Å²) in [4.78, 5) is 0. The van der Waals surface area contributed by atoms with Gasteiger partial charge in [0.2, 0.25) is 0 Å². The predicted octanol–water partition coefficient (Wildman–Crippen LogP) is 15.1. The van der Waals surface area contributed by atoms with Crippen LogP contribution in [0.15, 0.2) is 0 Å². The second kappa shape index (κ2) is 357. The number of hydrogen-bond donors (Lipinski definition) is 0. The van der Waals surface area contributed by atoms with Crippen molar-refractivity contribution >= 4 is 0 Å². The summed E-state index contributed by atoms with van der Waals surface area (Å²) in [7, 11) is 0. The van der Waals surface area contributed by atoms with Crippen LogP contribution in [0.4, 0.5) is 0 Å². The first kappa shape index (κ1) is 339. The van der Waals surface area contributed by atoms with Crippen molar-refractivity contribution in [2.45, 2.75) is 136 Å². The van der Waals surface area contributed by atoms with Crippen LogP contribution in [0.3, 0.4) is 0 Å². The molecular weight excluding hydrogens is 2910 g/mol. The maximum atomic E-state index is 4.06. The molecule has 0 aromatic heterocycles. The zero-order valence-corrected chi connectivity index (χ0v) is 128. The Hall–Kier alpha value is 30.9. The van der Waals surface area contributed by atoms with Gasteiger partial charge in [-0.15, -0.1) is 0 Å². The molecule has 0 aliphatic carbocycles. The Bertz CT molecular complexity index is 164. The summed E-state index contributed by atoms with van der Waals surface area (Å²) in [6.07, 6.45) is 5.00. The molecule has 0 unspecified atom stereocenters. The summed E-state index contributed by atoms with van der Waals surface area (Å²) in [6.45, 7) is 41.8. The quantitative estimate of drug-likeness (QED) is 0.242. The van der Waals surface area contributed by atoms with Crippen molar-refractivity contribution < 1.29 is 916 Å². The Morgan fingerprint density at radius 1 is 0.238 bits per heavy atom. The van der Waals surface area contributed by atoms with Gasteiger partial charge in [0.25, 0.3) is 0 Å². The molecular formula is C35H92Y28-6. The molecule has 0 nitrogen and oxygen atoms in total. The third-order valence-electron chi connectivity index (χ3n) is 2.30. The summed E-state index contributed by atoms with van der Waals surface area (Å²) in [5.41, 5.74) is 0.000000000000000222. The van der Waals surface area contributed by atoms with E-state index in [0.717, 1.165) is 0 Å². The van der Waals surface area contributed by atoms with Crippen LogP contribution in [0, 0.1) is 105 Å². The van der Waals surface area contributed by atoms with E-state index < -0.39 is 0 Å². The molecule has 0 fully saturated rings. The Morgan fingerprint density at radius 3 is 0.270 bits per heavy atom. The van der Waals surface area contributed by atoms with Gasteiger partial charge in [-0.25, -0.2) is 0 Å². The zero-order valence-electron chi connectivity index (χ0n) is 48.1. The Labute approximate surface area is 1120 Å². The van der Waals surface area contributed by atoms with Crippen LogP contribution in [-0.4, -0.2) is 0 Å². The first-order chi connectivity index (χ1) is 11.5. The molecule has 0 aromatic carbocycles. The maximum Gasteiger partial charge on any atom is 3.00 e. The van der Waals surface area contributed by atoms with Crippen LogP contribution < -0.4 is 0 Å². The van der Waals surface area contributed by atoms with Crippen LogP contribution in [0.5, 0.6) is 0 Å². The third-order valence-corrected chi connectivity index (χ3v) is 2.30. The minimum absolute atomic E-state index is 0. The van der Waals surface area contributed by atoms with Gasteiger partial charge in [0.1, 0.15) is 0 Å². The van der Waals surface area contributed by atoms with Crippen molar-refractivity contribution in [1.82, 2.24) is 0 Å². The Kier molecular flexibility index (Phi) is 1920. The van der Waals surface area contributed by atoms with E-state index in [4.69, 9.17) is 0 Å². The van der Waals surface area contributed by atoms with Gasteiger partial charge in [-0.1, -0.05) is 148 Å². The standard InChI is InChI=1S/C9H18.4C3H8.2C2H6.10CH3.28Y/c1-7(2)9(5,6)8(3)4;4*1-3-2;2*1-2;;;;;;;;;;;;;;;;;;;;;;;;;;;;;;;;;;;;;;/h7-8H,5-6H2,1-4H3;4*3H2,1-2H3;2*1-2H3;10*1H3;;;;;;;;;;;;;;;;;;;;;;;;;;;;/q-2;;;;;;;10*-1;;;;;;;;;;;;;;;;;;;;;;;;;;;2*+3. The van der Waals surface area contributed by atoms with Crippen molar-refractivity contribution in [3.63, 3.8) is 0 Å². The summed E-state index contributed by atoms with van der Waals surface area (Å²) >= 11 is 0. The molecule has 0 amide bonds. The fourth-order valence-electron chi connectivity index (χ4n) is 0.667. The second-order valence-corrected chi connectivity index (χ2v) is 6.37. The largest absolute Gasteiger partial charge is 3.00 e. The zero-order chi connectivity index (χ0) is 22.5. The van der Waals surface area contributed by atoms with Crippen molar-refractivity contribution in [3.05, 3.63) is 88.1 Å². The van der Waals surface area contributed by atoms with E-state index in [1.807, 2.05) is 27.7 Å². The van der Waals surface area contributed by atoms with Gasteiger partial charge < -0.3 is 88.1 Å². The first-order valence-corrected chi connectivity index (χ1v) is 11.3. The molecule has 0 atom stereocenters. The molecule has 322 valence electrons. The predicted molar refractivity (Wildman–Crippen MR) is 194 cm³/mol. The first-order valence-electron chi connectivity index (χ1n) is 11.3. The van der Waals surface area contributed by atoms with E-state index >= 15 is 0 Å². The molecule has 0 heterocycles. The minimum Gasteiger partial charge on any atom is -0.366 e. The van der Waals surface area contributed by atoms with E-state index in [9.17, 15) is 0 Å². The smallest absolute Gasteiger partial charge is 0.366 e. The fraction of sp³-hybridized carbons (Fsp3) is 0.657. The average molecular weight is 3000 g/mol. The van der Waals surface area contributed by atoms with Gasteiger partial charge >= 0.3 is 65.4 Å². The fourth-order valence-corrected chi connectivity index (χ4v) is 0.667. The maximum absolute atomic E-state index is 4.06. The molecule has 28 heteroatoms. The van der Waals surface area contributed by atoms with Crippen molar-refractivity contribution in [1.29, 1.82) is 0 Å².